The normalized spacial score (nSPS) is 10.3. The molecular weight excluding hydrogens is 274 g/mol. The molecule has 2 aromatic rings. The van der Waals surface area contributed by atoms with Crippen LogP contribution in [0.4, 0.5) is 4.79 Å². The number of urea groups is 1. The van der Waals surface area contributed by atoms with Crippen LogP contribution in [0, 0.1) is 4.77 Å². The third kappa shape index (κ3) is 3.24. The Kier molecular flexibility index (Phi) is 4.52. The first-order chi connectivity index (χ1) is 9.59. The monoisotopic (exact) mass is 291 g/mol. The zero-order valence-electron chi connectivity index (χ0n) is 11.5. The maximum Gasteiger partial charge on any atom is 0.316 e. The zero-order valence-corrected chi connectivity index (χ0v) is 12.3. The Labute approximate surface area is 122 Å². The molecule has 0 radical (unpaired) electrons. The lowest BCUT2D eigenvalue weighted by atomic mass is 10.2. The van der Waals surface area contributed by atoms with Crippen molar-refractivity contribution in [1.82, 2.24) is 25.0 Å². The number of aromatic nitrogens is 3. The minimum Gasteiger partial charge on any atom is -0.336 e. The van der Waals surface area contributed by atoms with Gasteiger partial charge in [0.05, 0.1) is 0 Å². The van der Waals surface area contributed by atoms with Crippen LogP contribution in [0.1, 0.15) is 0 Å². The largest absolute Gasteiger partial charge is 0.336 e. The SMILES string of the molecule is CN(C)C(=O)NCCn1c(-c2ccccc2)n[nH]c1=S. The van der Waals surface area contributed by atoms with Crippen molar-refractivity contribution >= 4 is 18.2 Å². The Morgan fingerprint density at radius 3 is 2.75 bits per heavy atom. The summed E-state index contributed by atoms with van der Waals surface area (Å²) in [5, 5.41) is 9.84. The molecule has 0 fully saturated rings. The molecule has 1 aromatic carbocycles. The van der Waals surface area contributed by atoms with E-state index in [2.05, 4.69) is 15.5 Å². The molecule has 1 aromatic heterocycles. The van der Waals surface area contributed by atoms with Crippen molar-refractivity contribution in [3.8, 4) is 11.4 Å². The first-order valence-electron chi connectivity index (χ1n) is 6.25. The smallest absolute Gasteiger partial charge is 0.316 e. The van der Waals surface area contributed by atoms with Crippen LogP contribution in [0.5, 0.6) is 0 Å². The predicted octanol–water partition coefficient (Wildman–Crippen LogP) is 1.88. The molecule has 7 heteroatoms. The van der Waals surface area contributed by atoms with E-state index >= 15 is 0 Å². The number of carbonyl (C=O) groups excluding carboxylic acids is 1. The summed E-state index contributed by atoms with van der Waals surface area (Å²) in [6.45, 7) is 1.06. The van der Waals surface area contributed by atoms with E-state index in [1.165, 1.54) is 4.90 Å². The average Bonchev–Trinajstić information content (AvgIpc) is 2.81. The summed E-state index contributed by atoms with van der Waals surface area (Å²) in [5.41, 5.74) is 0.985. The van der Waals surface area contributed by atoms with Crippen molar-refractivity contribution in [1.29, 1.82) is 0 Å². The van der Waals surface area contributed by atoms with E-state index in [1.807, 2.05) is 34.9 Å². The van der Waals surface area contributed by atoms with Gasteiger partial charge in [0.25, 0.3) is 0 Å². The molecule has 0 saturated carbocycles. The molecule has 0 aliphatic rings. The number of H-pyrrole nitrogens is 1. The highest BCUT2D eigenvalue weighted by Gasteiger charge is 2.09. The first-order valence-corrected chi connectivity index (χ1v) is 6.66. The standard InChI is InChI=1S/C13H17N5OS/c1-17(2)12(19)14-8-9-18-11(15-16-13(18)20)10-6-4-3-5-7-10/h3-7H,8-9H2,1-2H3,(H,14,19)(H,16,20). The second-order valence-electron chi connectivity index (χ2n) is 4.50. The lowest BCUT2D eigenvalue weighted by molar-refractivity contribution is 0.217. The van der Waals surface area contributed by atoms with E-state index in [4.69, 9.17) is 12.2 Å². The number of hydrogen-bond donors (Lipinski definition) is 2. The van der Waals surface area contributed by atoms with Crippen LogP contribution in [0.3, 0.4) is 0 Å². The summed E-state index contributed by atoms with van der Waals surface area (Å²) in [6, 6.07) is 9.67. The fraction of sp³-hybridized carbons (Fsp3) is 0.308. The number of nitrogens with one attached hydrogen (secondary N) is 2. The first kappa shape index (κ1) is 14.3. The molecule has 0 unspecified atom stereocenters. The second-order valence-corrected chi connectivity index (χ2v) is 4.88. The molecule has 0 saturated heterocycles. The molecule has 106 valence electrons. The lowest BCUT2D eigenvalue weighted by Crippen LogP contribution is -2.36. The van der Waals surface area contributed by atoms with E-state index in [9.17, 15) is 4.79 Å². The van der Waals surface area contributed by atoms with E-state index in [0.717, 1.165) is 11.4 Å². The van der Waals surface area contributed by atoms with E-state index in [0.29, 0.717) is 17.9 Å². The summed E-state index contributed by atoms with van der Waals surface area (Å²) in [4.78, 5) is 13.0. The number of aromatic amines is 1. The predicted molar refractivity (Wildman–Crippen MR) is 79.9 cm³/mol. The summed E-state index contributed by atoms with van der Waals surface area (Å²) >= 11 is 5.23. The molecule has 0 aliphatic heterocycles. The van der Waals surface area contributed by atoms with E-state index in [-0.39, 0.29) is 6.03 Å². The number of amides is 2. The minimum atomic E-state index is -0.124. The maximum atomic E-state index is 11.5. The molecule has 0 spiro atoms. The van der Waals surface area contributed by atoms with Crippen LogP contribution in [-0.2, 0) is 6.54 Å². The minimum absolute atomic E-state index is 0.124. The quantitative estimate of drug-likeness (QED) is 0.845. The van der Waals surface area contributed by atoms with Gasteiger partial charge >= 0.3 is 6.03 Å². The fourth-order valence-electron chi connectivity index (χ4n) is 1.77. The van der Waals surface area contributed by atoms with Crippen LogP contribution >= 0.6 is 12.2 Å². The molecule has 2 N–H and O–H groups in total. The van der Waals surface area contributed by atoms with Gasteiger partial charge in [-0.15, -0.1) is 0 Å². The Morgan fingerprint density at radius 2 is 2.10 bits per heavy atom. The summed E-state index contributed by atoms with van der Waals surface area (Å²) < 4.78 is 2.42. The topological polar surface area (TPSA) is 66.0 Å². The summed E-state index contributed by atoms with van der Waals surface area (Å²) in [6.07, 6.45) is 0. The van der Waals surface area contributed by atoms with Gasteiger partial charge in [-0.05, 0) is 12.2 Å². The Bertz CT molecular complexity index is 632. The lowest BCUT2D eigenvalue weighted by Gasteiger charge is -2.12. The van der Waals surface area contributed by atoms with Crippen molar-refractivity contribution in [3.63, 3.8) is 0 Å². The number of nitrogens with zero attached hydrogens (tertiary/aromatic N) is 3. The fourth-order valence-corrected chi connectivity index (χ4v) is 1.99. The van der Waals surface area contributed by atoms with Crippen LogP contribution in [0.25, 0.3) is 11.4 Å². The molecule has 0 bridgehead atoms. The molecule has 1 heterocycles. The third-order valence-electron chi connectivity index (χ3n) is 2.81. The number of hydrogen-bond acceptors (Lipinski definition) is 3. The number of rotatable bonds is 4. The zero-order chi connectivity index (χ0) is 14.5. The second kappa shape index (κ2) is 6.33. The van der Waals surface area contributed by atoms with Gasteiger partial charge in [0, 0.05) is 32.7 Å². The van der Waals surface area contributed by atoms with Gasteiger partial charge in [-0.1, -0.05) is 30.3 Å². The van der Waals surface area contributed by atoms with Gasteiger partial charge in [-0.2, -0.15) is 5.10 Å². The van der Waals surface area contributed by atoms with Crippen LogP contribution in [0.2, 0.25) is 0 Å². The average molecular weight is 291 g/mol. The van der Waals surface area contributed by atoms with Gasteiger partial charge in [-0.25, -0.2) is 4.79 Å². The van der Waals surface area contributed by atoms with Crippen molar-refractivity contribution in [2.75, 3.05) is 20.6 Å². The van der Waals surface area contributed by atoms with Gasteiger partial charge in [0.1, 0.15) is 0 Å². The van der Waals surface area contributed by atoms with Crippen molar-refractivity contribution < 1.29 is 4.79 Å². The van der Waals surface area contributed by atoms with E-state index < -0.39 is 0 Å². The van der Waals surface area contributed by atoms with Gasteiger partial charge in [0.2, 0.25) is 0 Å². The number of carbonyl (C=O) groups is 1. The van der Waals surface area contributed by atoms with Crippen molar-refractivity contribution in [2.24, 2.45) is 0 Å². The van der Waals surface area contributed by atoms with Gasteiger partial charge in [0.15, 0.2) is 10.6 Å². The number of benzene rings is 1. The Morgan fingerprint density at radius 1 is 1.40 bits per heavy atom. The molecule has 2 amide bonds. The summed E-state index contributed by atoms with van der Waals surface area (Å²) in [7, 11) is 3.41. The molecule has 2 rings (SSSR count). The van der Waals surface area contributed by atoms with Crippen LogP contribution < -0.4 is 5.32 Å². The van der Waals surface area contributed by atoms with Crippen LogP contribution in [-0.4, -0.2) is 46.3 Å². The highest BCUT2D eigenvalue weighted by molar-refractivity contribution is 7.71. The van der Waals surface area contributed by atoms with Gasteiger partial charge < -0.3 is 10.2 Å². The Balaban J connectivity index is 2.11. The third-order valence-corrected chi connectivity index (χ3v) is 3.12. The highest BCUT2D eigenvalue weighted by Crippen LogP contribution is 2.16. The van der Waals surface area contributed by atoms with Crippen molar-refractivity contribution in [3.05, 3.63) is 35.1 Å². The highest BCUT2D eigenvalue weighted by atomic mass is 32.1. The molecule has 20 heavy (non-hydrogen) atoms. The van der Waals surface area contributed by atoms with Crippen LogP contribution in [0.15, 0.2) is 30.3 Å². The summed E-state index contributed by atoms with van der Waals surface area (Å²) in [5.74, 6) is 0.773. The van der Waals surface area contributed by atoms with Gasteiger partial charge in [-0.3, -0.25) is 9.67 Å². The maximum absolute atomic E-state index is 11.5. The molecule has 0 atom stereocenters. The molecular formula is C13H17N5OS. The molecule has 6 nitrogen and oxygen atoms in total. The Hall–Kier alpha value is -2.15. The molecule has 0 aliphatic carbocycles. The van der Waals surface area contributed by atoms with Crippen molar-refractivity contribution in [2.45, 2.75) is 6.54 Å². The van der Waals surface area contributed by atoms with E-state index in [1.54, 1.807) is 14.1 Å².